The fourth-order valence-corrected chi connectivity index (χ4v) is 1.70. The SMILES string of the molecule is CCCNc1cc(C(=O)NCCNC(C)=O)cc(Cl)n1. The largest absolute Gasteiger partial charge is 0.370 e. The lowest BCUT2D eigenvalue weighted by Crippen LogP contribution is -2.33. The minimum absolute atomic E-state index is 0.128. The monoisotopic (exact) mass is 298 g/mol. The number of nitrogens with zero attached hydrogens (tertiary/aromatic N) is 1. The summed E-state index contributed by atoms with van der Waals surface area (Å²) in [6.07, 6.45) is 0.951. The van der Waals surface area contributed by atoms with Crippen molar-refractivity contribution in [3.05, 3.63) is 22.8 Å². The maximum absolute atomic E-state index is 11.9. The third kappa shape index (κ3) is 5.88. The van der Waals surface area contributed by atoms with E-state index in [0.29, 0.717) is 24.5 Å². The number of amides is 2. The van der Waals surface area contributed by atoms with Gasteiger partial charge >= 0.3 is 0 Å². The van der Waals surface area contributed by atoms with Gasteiger partial charge in [-0.2, -0.15) is 0 Å². The minimum atomic E-state index is -0.251. The van der Waals surface area contributed by atoms with E-state index in [1.807, 2.05) is 6.92 Å². The first-order valence-electron chi connectivity index (χ1n) is 6.47. The molecule has 110 valence electrons. The molecule has 1 heterocycles. The van der Waals surface area contributed by atoms with Gasteiger partial charge in [-0.05, 0) is 18.6 Å². The molecule has 0 radical (unpaired) electrons. The highest BCUT2D eigenvalue weighted by Gasteiger charge is 2.08. The van der Waals surface area contributed by atoms with Crippen LogP contribution in [0.15, 0.2) is 12.1 Å². The van der Waals surface area contributed by atoms with Gasteiger partial charge in [-0.15, -0.1) is 0 Å². The number of carbonyl (C=O) groups excluding carboxylic acids is 2. The summed E-state index contributed by atoms with van der Waals surface area (Å²) >= 11 is 5.89. The first kappa shape index (κ1) is 16.2. The number of carbonyl (C=O) groups is 2. The average Bonchev–Trinajstić information content (AvgIpc) is 2.40. The van der Waals surface area contributed by atoms with Crippen molar-refractivity contribution < 1.29 is 9.59 Å². The van der Waals surface area contributed by atoms with Crippen molar-refractivity contribution in [1.29, 1.82) is 0 Å². The predicted octanol–water partition coefficient (Wildman–Crippen LogP) is 1.42. The quantitative estimate of drug-likeness (QED) is 0.525. The van der Waals surface area contributed by atoms with Gasteiger partial charge < -0.3 is 16.0 Å². The lowest BCUT2D eigenvalue weighted by atomic mass is 10.2. The van der Waals surface area contributed by atoms with E-state index in [9.17, 15) is 9.59 Å². The summed E-state index contributed by atoms with van der Waals surface area (Å²) in [5.74, 6) is 0.197. The molecule has 0 spiro atoms. The van der Waals surface area contributed by atoms with Gasteiger partial charge in [-0.3, -0.25) is 9.59 Å². The average molecular weight is 299 g/mol. The molecule has 1 aromatic rings. The molecular weight excluding hydrogens is 280 g/mol. The Morgan fingerprint density at radius 1 is 1.20 bits per heavy atom. The van der Waals surface area contributed by atoms with Gasteiger partial charge in [0.1, 0.15) is 11.0 Å². The molecule has 0 aliphatic heterocycles. The number of halogens is 1. The fraction of sp³-hybridized carbons (Fsp3) is 0.462. The Bertz CT molecular complexity index is 479. The molecule has 1 rings (SSSR count). The summed E-state index contributed by atoms with van der Waals surface area (Å²) in [6, 6.07) is 3.15. The normalized spacial score (nSPS) is 9.95. The summed E-state index contributed by atoms with van der Waals surface area (Å²) in [5, 5.41) is 8.64. The maximum Gasteiger partial charge on any atom is 0.251 e. The van der Waals surface area contributed by atoms with E-state index in [2.05, 4.69) is 20.9 Å². The van der Waals surface area contributed by atoms with Crippen LogP contribution in [0, 0.1) is 0 Å². The highest BCUT2D eigenvalue weighted by molar-refractivity contribution is 6.29. The number of rotatable bonds is 7. The molecule has 0 aromatic carbocycles. The number of pyridine rings is 1. The molecule has 0 aliphatic rings. The van der Waals surface area contributed by atoms with Crippen LogP contribution in [-0.4, -0.2) is 36.4 Å². The molecule has 0 bridgehead atoms. The van der Waals surface area contributed by atoms with E-state index < -0.39 is 0 Å². The second kappa shape index (κ2) is 8.37. The van der Waals surface area contributed by atoms with Crippen LogP contribution in [0.2, 0.25) is 5.15 Å². The summed E-state index contributed by atoms with van der Waals surface area (Å²) in [6.45, 7) is 4.97. The molecule has 1 aromatic heterocycles. The number of hydrogen-bond acceptors (Lipinski definition) is 4. The molecule has 20 heavy (non-hydrogen) atoms. The third-order valence-electron chi connectivity index (χ3n) is 2.40. The van der Waals surface area contributed by atoms with Crippen molar-refractivity contribution >= 4 is 29.2 Å². The Kier molecular flexibility index (Phi) is 6.79. The van der Waals surface area contributed by atoms with Crippen molar-refractivity contribution in [3.8, 4) is 0 Å². The fourth-order valence-electron chi connectivity index (χ4n) is 1.49. The second-order valence-corrected chi connectivity index (χ2v) is 4.62. The molecule has 0 atom stereocenters. The van der Waals surface area contributed by atoms with Crippen LogP contribution in [0.4, 0.5) is 5.82 Å². The van der Waals surface area contributed by atoms with E-state index >= 15 is 0 Å². The first-order chi connectivity index (χ1) is 9.52. The second-order valence-electron chi connectivity index (χ2n) is 4.23. The van der Waals surface area contributed by atoms with E-state index in [1.165, 1.54) is 13.0 Å². The van der Waals surface area contributed by atoms with E-state index in [-0.39, 0.29) is 17.0 Å². The van der Waals surface area contributed by atoms with Gasteiger partial charge in [-0.25, -0.2) is 4.98 Å². The van der Waals surface area contributed by atoms with Gasteiger partial charge in [0.15, 0.2) is 0 Å². The van der Waals surface area contributed by atoms with Crippen molar-refractivity contribution in [2.24, 2.45) is 0 Å². The van der Waals surface area contributed by atoms with Gasteiger partial charge in [0.25, 0.3) is 5.91 Å². The summed E-state index contributed by atoms with van der Waals surface area (Å²) in [7, 11) is 0. The van der Waals surface area contributed by atoms with Gasteiger partial charge in [0.2, 0.25) is 5.91 Å². The highest BCUT2D eigenvalue weighted by Crippen LogP contribution is 2.14. The zero-order valence-corrected chi connectivity index (χ0v) is 12.4. The van der Waals surface area contributed by atoms with Crippen LogP contribution in [0.3, 0.4) is 0 Å². The number of nitrogens with one attached hydrogen (secondary N) is 3. The minimum Gasteiger partial charge on any atom is -0.370 e. The molecule has 0 saturated carbocycles. The van der Waals surface area contributed by atoms with E-state index in [1.54, 1.807) is 6.07 Å². The molecule has 0 unspecified atom stereocenters. The Morgan fingerprint density at radius 3 is 2.55 bits per heavy atom. The molecule has 0 saturated heterocycles. The van der Waals surface area contributed by atoms with Gasteiger partial charge in [0, 0.05) is 32.1 Å². The van der Waals surface area contributed by atoms with Crippen LogP contribution in [0.1, 0.15) is 30.6 Å². The standard InChI is InChI=1S/C13H19ClN4O2/c1-3-4-16-12-8-10(7-11(14)18-12)13(20)17-6-5-15-9(2)19/h7-8H,3-6H2,1-2H3,(H,15,19)(H,16,18)(H,17,20). The lowest BCUT2D eigenvalue weighted by Gasteiger charge is -2.09. The van der Waals surface area contributed by atoms with Crippen LogP contribution < -0.4 is 16.0 Å². The van der Waals surface area contributed by atoms with Crippen molar-refractivity contribution in [1.82, 2.24) is 15.6 Å². The molecule has 0 fully saturated rings. The summed E-state index contributed by atoms with van der Waals surface area (Å²) in [4.78, 5) is 26.7. The molecule has 2 amide bonds. The zero-order valence-electron chi connectivity index (χ0n) is 11.6. The molecule has 3 N–H and O–H groups in total. The van der Waals surface area contributed by atoms with Gasteiger partial charge in [0.05, 0.1) is 0 Å². The number of aromatic nitrogens is 1. The molecule has 6 nitrogen and oxygen atoms in total. The smallest absolute Gasteiger partial charge is 0.251 e. The molecular formula is C13H19ClN4O2. The van der Waals surface area contributed by atoms with E-state index in [0.717, 1.165) is 13.0 Å². The summed E-state index contributed by atoms with van der Waals surface area (Å²) < 4.78 is 0. The van der Waals surface area contributed by atoms with Crippen LogP contribution in [0.25, 0.3) is 0 Å². The Balaban J connectivity index is 2.58. The highest BCUT2D eigenvalue weighted by atomic mass is 35.5. The van der Waals surface area contributed by atoms with Gasteiger partial charge in [-0.1, -0.05) is 18.5 Å². The van der Waals surface area contributed by atoms with Crippen molar-refractivity contribution in [3.63, 3.8) is 0 Å². The molecule has 0 aliphatic carbocycles. The van der Waals surface area contributed by atoms with Crippen LogP contribution in [0.5, 0.6) is 0 Å². The van der Waals surface area contributed by atoms with Crippen molar-refractivity contribution in [2.75, 3.05) is 25.0 Å². The number of anilines is 1. The van der Waals surface area contributed by atoms with Crippen LogP contribution >= 0.6 is 11.6 Å². The van der Waals surface area contributed by atoms with Crippen LogP contribution in [-0.2, 0) is 4.79 Å². The van der Waals surface area contributed by atoms with E-state index in [4.69, 9.17) is 11.6 Å². The Morgan fingerprint density at radius 2 is 1.90 bits per heavy atom. The topological polar surface area (TPSA) is 83.1 Å². The molecule has 7 heteroatoms. The first-order valence-corrected chi connectivity index (χ1v) is 6.84. The Hall–Kier alpha value is -1.82. The zero-order chi connectivity index (χ0) is 15.0. The lowest BCUT2D eigenvalue weighted by molar-refractivity contribution is -0.118. The summed E-state index contributed by atoms with van der Waals surface area (Å²) in [5.41, 5.74) is 0.437. The number of hydrogen-bond donors (Lipinski definition) is 3. The maximum atomic E-state index is 11.9. The Labute approximate surface area is 123 Å². The third-order valence-corrected chi connectivity index (χ3v) is 2.59. The predicted molar refractivity (Wildman–Crippen MR) is 79.0 cm³/mol. The van der Waals surface area contributed by atoms with Crippen molar-refractivity contribution in [2.45, 2.75) is 20.3 Å².